The molecule has 0 radical (unpaired) electrons. The molecule has 3 aromatic rings. The summed E-state index contributed by atoms with van der Waals surface area (Å²) in [6.45, 7) is 0.246. The van der Waals surface area contributed by atoms with Crippen LogP contribution in [0.5, 0.6) is 0 Å². The average molecular weight is 508 g/mol. The molecule has 3 atom stereocenters. The van der Waals surface area contributed by atoms with Crippen LogP contribution in [0.1, 0.15) is 24.0 Å². The van der Waals surface area contributed by atoms with Gasteiger partial charge in [0.1, 0.15) is 12.1 Å². The number of rotatable bonds is 13. The van der Waals surface area contributed by atoms with E-state index in [1.165, 1.54) is 0 Å². The molecule has 0 aliphatic rings. The lowest BCUT2D eigenvalue weighted by Crippen LogP contribution is -2.55. The molecule has 0 fully saturated rings. The van der Waals surface area contributed by atoms with E-state index in [1.54, 1.807) is 30.5 Å². The smallest absolute Gasteiger partial charge is 0.326 e. The molecule has 11 heteroatoms. The minimum absolute atomic E-state index is 0.0837. The molecule has 37 heavy (non-hydrogen) atoms. The number of guanidine groups is 1. The number of aromatic amines is 1. The molecule has 0 unspecified atom stereocenters. The molecule has 0 saturated carbocycles. The minimum atomic E-state index is -1.18. The first-order valence-corrected chi connectivity index (χ1v) is 12.0. The van der Waals surface area contributed by atoms with Gasteiger partial charge in [-0.25, -0.2) is 4.79 Å². The molecule has 0 saturated heterocycles. The van der Waals surface area contributed by atoms with Crippen LogP contribution in [-0.4, -0.2) is 58.5 Å². The van der Waals surface area contributed by atoms with E-state index < -0.39 is 35.9 Å². The van der Waals surface area contributed by atoms with Crippen molar-refractivity contribution in [1.82, 2.24) is 15.6 Å². The number of aliphatic carboxylic acids is 1. The van der Waals surface area contributed by atoms with Crippen LogP contribution in [0.4, 0.5) is 0 Å². The van der Waals surface area contributed by atoms with E-state index in [0.717, 1.165) is 22.0 Å². The number of nitrogens with zero attached hydrogens (tertiary/aromatic N) is 1. The Kier molecular flexibility index (Phi) is 9.61. The van der Waals surface area contributed by atoms with Crippen molar-refractivity contribution >= 4 is 34.6 Å². The highest BCUT2D eigenvalue weighted by Gasteiger charge is 2.28. The molecule has 2 amide bonds. The molecule has 2 aromatic carbocycles. The molecule has 196 valence electrons. The molecule has 10 N–H and O–H groups in total. The Labute approximate surface area is 214 Å². The first kappa shape index (κ1) is 27.2. The lowest BCUT2D eigenvalue weighted by molar-refractivity contribution is -0.142. The van der Waals surface area contributed by atoms with Gasteiger partial charge in [0.15, 0.2) is 5.96 Å². The van der Waals surface area contributed by atoms with Crippen molar-refractivity contribution in [1.29, 1.82) is 0 Å². The molecule has 0 aliphatic carbocycles. The van der Waals surface area contributed by atoms with Gasteiger partial charge in [-0.3, -0.25) is 14.6 Å². The molecule has 3 rings (SSSR count). The number of hydrogen-bond donors (Lipinski definition) is 7. The van der Waals surface area contributed by atoms with Gasteiger partial charge in [-0.15, -0.1) is 0 Å². The van der Waals surface area contributed by atoms with Gasteiger partial charge >= 0.3 is 5.97 Å². The Bertz CT molecular complexity index is 1240. The number of aliphatic imine (C=N–C) groups is 1. The van der Waals surface area contributed by atoms with Crippen molar-refractivity contribution in [3.63, 3.8) is 0 Å². The van der Waals surface area contributed by atoms with Gasteiger partial charge in [0.05, 0.1) is 6.04 Å². The molecular weight excluding hydrogens is 474 g/mol. The van der Waals surface area contributed by atoms with Gasteiger partial charge in [-0.1, -0.05) is 48.5 Å². The van der Waals surface area contributed by atoms with Gasteiger partial charge in [-0.05, 0) is 36.5 Å². The summed E-state index contributed by atoms with van der Waals surface area (Å²) in [5, 5.41) is 15.9. The van der Waals surface area contributed by atoms with Crippen molar-refractivity contribution in [3.05, 3.63) is 71.9 Å². The van der Waals surface area contributed by atoms with E-state index in [1.807, 2.05) is 30.3 Å². The average Bonchev–Trinajstić information content (AvgIpc) is 3.28. The van der Waals surface area contributed by atoms with E-state index in [9.17, 15) is 19.5 Å². The van der Waals surface area contributed by atoms with Crippen LogP contribution < -0.4 is 27.8 Å². The largest absolute Gasteiger partial charge is 0.480 e. The second kappa shape index (κ2) is 13.1. The Morgan fingerprint density at radius 2 is 1.59 bits per heavy atom. The molecule has 0 spiro atoms. The monoisotopic (exact) mass is 507 g/mol. The fourth-order valence-corrected chi connectivity index (χ4v) is 4.00. The van der Waals surface area contributed by atoms with Crippen molar-refractivity contribution in [2.75, 3.05) is 6.54 Å². The number of carbonyl (C=O) groups excluding carboxylic acids is 2. The van der Waals surface area contributed by atoms with Crippen LogP contribution >= 0.6 is 0 Å². The maximum absolute atomic E-state index is 13.1. The number of nitrogens with one attached hydrogen (secondary N) is 3. The third kappa shape index (κ3) is 8.07. The zero-order valence-electron chi connectivity index (χ0n) is 20.4. The first-order chi connectivity index (χ1) is 17.7. The summed E-state index contributed by atoms with van der Waals surface area (Å²) in [6, 6.07) is 13.5. The fraction of sp³-hybridized carbons (Fsp3) is 0.308. The summed E-state index contributed by atoms with van der Waals surface area (Å²) in [6.07, 6.45) is 2.72. The number of benzene rings is 2. The molecule has 0 aliphatic heterocycles. The number of aromatic nitrogens is 1. The highest BCUT2D eigenvalue weighted by atomic mass is 16.4. The van der Waals surface area contributed by atoms with Crippen LogP contribution in [0.2, 0.25) is 0 Å². The quantitative estimate of drug-likeness (QED) is 0.0984. The topological polar surface area (TPSA) is 202 Å². The van der Waals surface area contributed by atoms with Gasteiger partial charge in [0.25, 0.3) is 0 Å². The number of nitrogens with two attached hydrogens (primary N) is 3. The zero-order chi connectivity index (χ0) is 26.8. The van der Waals surface area contributed by atoms with Gasteiger partial charge in [0.2, 0.25) is 11.8 Å². The number of para-hydroxylation sites is 1. The summed E-state index contributed by atoms with van der Waals surface area (Å²) >= 11 is 0. The second-order valence-corrected chi connectivity index (χ2v) is 8.77. The van der Waals surface area contributed by atoms with E-state index in [4.69, 9.17) is 17.2 Å². The Morgan fingerprint density at radius 1 is 0.919 bits per heavy atom. The van der Waals surface area contributed by atoms with Crippen molar-refractivity contribution in [2.45, 2.75) is 43.8 Å². The van der Waals surface area contributed by atoms with Crippen LogP contribution in [0.15, 0.2) is 65.8 Å². The number of carboxylic acids is 1. The van der Waals surface area contributed by atoms with Gasteiger partial charge < -0.3 is 37.9 Å². The van der Waals surface area contributed by atoms with Crippen LogP contribution in [0.3, 0.4) is 0 Å². The summed E-state index contributed by atoms with van der Waals surface area (Å²) in [4.78, 5) is 45.0. The third-order valence-corrected chi connectivity index (χ3v) is 5.93. The van der Waals surface area contributed by atoms with E-state index in [2.05, 4.69) is 20.6 Å². The summed E-state index contributed by atoms with van der Waals surface area (Å²) in [7, 11) is 0. The minimum Gasteiger partial charge on any atom is -0.480 e. The molecule has 0 bridgehead atoms. The van der Waals surface area contributed by atoms with E-state index in [-0.39, 0.29) is 31.8 Å². The first-order valence-electron chi connectivity index (χ1n) is 12.0. The molecular formula is C26H33N7O4. The SMILES string of the molecule is NC(N)=NCCC[C@H](NC(=O)[C@@H](N)Cc1c[nH]c2ccccc12)C(=O)N[C@H](Cc1ccccc1)C(=O)O. The summed E-state index contributed by atoms with van der Waals surface area (Å²) in [5.41, 5.74) is 19.5. The highest BCUT2D eigenvalue weighted by Crippen LogP contribution is 2.19. The Hall–Kier alpha value is -4.38. The van der Waals surface area contributed by atoms with E-state index >= 15 is 0 Å². The van der Waals surface area contributed by atoms with Crippen LogP contribution in [-0.2, 0) is 27.2 Å². The van der Waals surface area contributed by atoms with Crippen molar-refractivity contribution in [2.24, 2.45) is 22.2 Å². The maximum Gasteiger partial charge on any atom is 0.326 e. The summed E-state index contributed by atoms with van der Waals surface area (Å²) in [5.74, 6) is -2.42. The number of carboxylic acid groups (broad SMARTS) is 1. The highest BCUT2D eigenvalue weighted by molar-refractivity contribution is 5.92. The number of carbonyl (C=O) groups is 3. The van der Waals surface area contributed by atoms with Crippen LogP contribution in [0.25, 0.3) is 10.9 Å². The Morgan fingerprint density at radius 3 is 2.30 bits per heavy atom. The lowest BCUT2D eigenvalue weighted by atomic mass is 10.0. The maximum atomic E-state index is 13.1. The van der Waals surface area contributed by atoms with Crippen LogP contribution in [0, 0.1) is 0 Å². The van der Waals surface area contributed by atoms with Gasteiger partial charge in [-0.2, -0.15) is 0 Å². The number of H-pyrrole nitrogens is 1. The lowest BCUT2D eigenvalue weighted by Gasteiger charge is -2.23. The van der Waals surface area contributed by atoms with E-state index in [0.29, 0.717) is 6.42 Å². The second-order valence-electron chi connectivity index (χ2n) is 8.77. The standard InChI is InChI=1S/C26H33N7O4/c27-19(14-17-15-31-20-10-5-4-9-18(17)20)23(34)32-21(11-6-12-30-26(28)29)24(35)33-22(25(36)37)13-16-7-2-1-3-8-16/h1-5,7-10,15,19,21-22,31H,6,11-14,27H2,(H,32,34)(H,33,35)(H,36,37)(H4,28,29,30)/t19-,21-,22+/m0/s1. The normalized spacial score (nSPS) is 13.3. The number of hydrogen-bond acceptors (Lipinski definition) is 5. The predicted octanol–water partition coefficient (Wildman–Crippen LogP) is 0.388. The fourth-order valence-electron chi connectivity index (χ4n) is 4.00. The third-order valence-electron chi connectivity index (χ3n) is 5.93. The molecule has 11 nitrogen and oxygen atoms in total. The van der Waals surface area contributed by atoms with Gasteiger partial charge in [0, 0.05) is 30.1 Å². The molecule has 1 aromatic heterocycles. The van der Waals surface area contributed by atoms with Crippen molar-refractivity contribution in [3.8, 4) is 0 Å². The number of amides is 2. The Balaban J connectivity index is 1.68. The summed E-state index contributed by atoms with van der Waals surface area (Å²) < 4.78 is 0. The van der Waals surface area contributed by atoms with Crippen molar-refractivity contribution < 1.29 is 19.5 Å². The predicted molar refractivity (Wildman–Crippen MR) is 142 cm³/mol. The zero-order valence-corrected chi connectivity index (χ0v) is 20.4. The number of fused-ring (bicyclic) bond motifs is 1. The molecule has 1 heterocycles.